The van der Waals surface area contributed by atoms with Gasteiger partial charge in [0.05, 0.1) is 7.11 Å². The highest BCUT2D eigenvalue weighted by Gasteiger charge is 2.11. The van der Waals surface area contributed by atoms with E-state index in [0.717, 1.165) is 23.3 Å². The van der Waals surface area contributed by atoms with Crippen molar-refractivity contribution in [3.63, 3.8) is 0 Å². The minimum atomic E-state index is 0.495. The fourth-order valence-corrected chi connectivity index (χ4v) is 3.24. The molecule has 4 nitrogen and oxygen atoms in total. The van der Waals surface area contributed by atoms with Crippen LogP contribution in [0.1, 0.15) is 25.3 Å². The Morgan fingerprint density at radius 3 is 1.69 bits per heavy atom. The number of benzene rings is 3. The van der Waals surface area contributed by atoms with Crippen molar-refractivity contribution in [1.82, 2.24) is 10.2 Å². The van der Waals surface area contributed by atoms with E-state index in [1.807, 2.05) is 36.4 Å². The Labute approximate surface area is 171 Å². The van der Waals surface area contributed by atoms with E-state index in [2.05, 4.69) is 53.5 Å². The van der Waals surface area contributed by atoms with Crippen LogP contribution in [0.4, 0.5) is 0 Å². The molecule has 1 heterocycles. The predicted octanol–water partition coefficient (Wildman–Crippen LogP) is 6.42. The molecule has 29 heavy (non-hydrogen) atoms. The summed E-state index contributed by atoms with van der Waals surface area (Å²) in [7, 11) is 1.64. The summed E-state index contributed by atoms with van der Waals surface area (Å²) in [5, 5.41) is 8.38. The molecule has 1 aromatic heterocycles. The number of aryl methyl sites for hydroxylation is 1. The Kier molecular flexibility index (Phi) is 5.71. The number of aromatic nitrogens is 2. The lowest BCUT2D eigenvalue weighted by molar-refractivity contribution is 0.415. The standard InChI is InChI=1S/C25H24N2O2/c1-3-4-5-18-6-8-19(9-7-18)20-10-12-21(13-11-20)24-26-27-25(29-24)22-14-16-23(28-2)17-15-22/h6-17H,3-5H2,1-2H3. The lowest BCUT2D eigenvalue weighted by Gasteiger charge is -2.05. The maximum Gasteiger partial charge on any atom is 0.248 e. The number of methoxy groups -OCH3 is 1. The highest BCUT2D eigenvalue weighted by Crippen LogP contribution is 2.27. The lowest BCUT2D eigenvalue weighted by atomic mass is 10.0. The summed E-state index contributed by atoms with van der Waals surface area (Å²) >= 11 is 0. The van der Waals surface area contributed by atoms with Gasteiger partial charge in [0.15, 0.2) is 0 Å². The van der Waals surface area contributed by atoms with Crippen LogP contribution >= 0.6 is 0 Å². The topological polar surface area (TPSA) is 48.2 Å². The molecule has 0 N–H and O–H groups in total. The van der Waals surface area contributed by atoms with Crippen LogP contribution in [-0.4, -0.2) is 17.3 Å². The number of hydrogen-bond acceptors (Lipinski definition) is 4. The van der Waals surface area contributed by atoms with Gasteiger partial charge in [-0.1, -0.05) is 49.7 Å². The zero-order valence-corrected chi connectivity index (χ0v) is 16.8. The highest BCUT2D eigenvalue weighted by atomic mass is 16.5. The van der Waals surface area contributed by atoms with Crippen LogP contribution in [0.2, 0.25) is 0 Å². The Morgan fingerprint density at radius 2 is 1.17 bits per heavy atom. The molecule has 0 saturated heterocycles. The maximum atomic E-state index is 5.87. The first-order valence-electron chi connectivity index (χ1n) is 9.94. The lowest BCUT2D eigenvalue weighted by Crippen LogP contribution is -1.85. The molecule has 0 fully saturated rings. The van der Waals surface area contributed by atoms with Gasteiger partial charge in [-0.3, -0.25) is 0 Å². The molecular formula is C25H24N2O2. The van der Waals surface area contributed by atoms with Crippen molar-refractivity contribution in [3.05, 3.63) is 78.4 Å². The molecule has 0 unspecified atom stereocenters. The molecule has 0 aliphatic rings. The van der Waals surface area contributed by atoms with Gasteiger partial charge in [-0.05, 0) is 65.9 Å². The molecule has 0 spiro atoms. The predicted molar refractivity (Wildman–Crippen MR) is 116 cm³/mol. The van der Waals surface area contributed by atoms with Crippen LogP contribution in [0.25, 0.3) is 34.0 Å². The quantitative estimate of drug-likeness (QED) is 0.369. The Hall–Kier alpha value is -3.40. The zero-order chi connectivity index (χ0) is 20.1. The summed E-state index contributed by atoms with van der Waals surface area (Å²) in [6.07, 6.45) is 3.60. The van der Waals surface area contributed by atoms with Crippen LogP contribution in [0, 0.1) is 0 Å². The van der Waals surface area contributed by atoms with Crippen LogP contribution < -0.4 is 4.74 Å². The molecule has 0 bridgehead atoms. The summed E-state index contributed by atoms with van der Waals surface area (Å²) in [6.45, 7) is 2.22. The maximum absolute atomic E-state index is 5.87. The van der Waals surface area contributed by atoms with E-state index in [1.165, 1.54) is 29.5 Å². The highest BCUT2D eigenvalue weighted by molar-refractivity contribution is 5.68. The number of nitrogens with zero attached hydrogens (tertiary/aromatic N) is 2. The van der Waals surface area contributed by atoms with E-state index in [9.17, 15) is 0 Å². The minimum Gasteiger partial charge on any atom is -0.497 e. The summed E-state index contributed by atoms with van der Waals surface area (Å²) < 4.78 is 11.0. The van der Waals surface area contributed by atoms with Crippen LogP contribution in [0.3, 0.4) is 0 Å². The molecular weight excluding hydrogens is 360 g/mol. The van der Waals surface area contributed by atoms with Gasteiger partial charge < -0.3 is 9.15 Å². The van der Waals surface area contributed by atoms with Crippen molar-refractivity contribution in [2.45, 2.75) is 26.2 Å². The summed E-state index contributed by atoms with van der Waals surface area (Å²) in [5.74, 6) is 1.80. The Morgan fingerprint density at radius 1 is 0.690 bits per heavy atom. The van der Waals surface area contributed by atoms with Gasteiger partial charge in [0.1, 0.15) is 5.75 Å². The van der Waals surface area contributed by atoms with Crippen molar-refractivity contribution in [2.24, 2.45) is 0 Å². The monoisotopic (exact) mass is 384 g/mol. The van der Waals surface area contributed by atoms with Crippen LogP contribution in [0.15, 0.2) is 77.2 Å². The molecule has 4 rings (SSSR count). The van der Waals surface area contributed by atoms with Crippen molar-refractivity contribution < 1.29 is 9.15 Å². The zero-order valence-electron chi connectivity index (χ0n) is 16.8. The molecule has 0 atom stereocenters. The third kappa shape index (κ3) is 4.37. The summed E-state index contributed by atoms with van der Waals surface area (Å²) in [6, 6.07) is 24.6. The SMILES string of the molecule is CCCCc1ccc(-c2ccc(-c3nnc(-c4ccc(OC)cc4)o3)cc2)cc1. The van der Waals surface area contributed by atoms with Gasteiger partial charge in [0, 0.05) is 11.1 Å². The van der Waals surface area contributed by atoms with Gasteiger partial charge in [-0.2, -0.15) is 0 Å². The van der Waals surface area contributed by atoms with E-state index < -0.39 is 0 Å². The first kappa shape index (κ1) is 18.9. The average Bonchev–Trinajstić information content (AvgIpc) is 3.28. The Bertz CT molecular complexity index is 1050. The normalized spacial score (nSPS) is 10.8. The molecule has 0 amide bonds. The van der Waals surface area contributed by atoms with Crippen molar-refractivity contribution in [3.8, 4) is 39.8 Å². The smallest absolute Gasteiger partial charge is 0.248 e. The van der Waals surface area contributed by atoms with Gasteiger partial charge in [0.2, 0.25) is 11.8 Å². The average molecular weight is 384 g/mol. The van der Waals surface area contributed by atoms with E-state index >= 15 is 0 Å². The Balaban J connectivity index is 1.50. The number of rotatable bonds is 7. The fraction of sp³-hybridized carbons (Fsp3) is 0.200. The van der Waals surface area contributed by atoms with Gasteiger partial charge >= 0.3 is 0 Å². The first-order chi connectivity index (χ1) is 14.3. The van der Waals surface area contributed by atoms with Gasteiger partial charge in [-0.25, -0.2) is 0 Å². The van der Waals surface area contributed by atoms with Crippen LogP contribution in [-0.2, 0) is 6.42 Å². The van der Waals surface area contributed by atoms with Gasteiger partial charge in [-0.15, -0.1) is 10.2 Å². The van der Waals surface area contributed by atoms with E-state index in [4.69, 9.17) is 9.15 Å². The van der Waals surface area contributed by atoms with Crippen LogP contribution in [0.5, 0.6) is 5.75 Å². The molecule has 4 aromatic rings. The molecule has 0 aliphatic heterocycles. The molecule has 146 valence electrons. The molecule has 0 aliphatic carbocycles. The molecule has 0 saturated carbocycles. The minimum absolute atomic E-state index is 0.495. The van der Waals surface area contributed by atoms with E-state index in [0.29, 0.717) is 11.8 Å². The number of ether oxygens (including phenoxy) is 1. The second-order valence-electron chi connectivity index (χ2n) is 7.02. The van der Waals surface area contributed by atoms with Crippen molar-refractivity contribution in [2.75, 3.05) is 7.11 Å². The van der Waals surface area contributed by atoms with Crippen molar-refractivity contribution >= 4 is 0 Å². The second-order valence-corrected chi connectivity index (χ2v) is 7.02. The summed E-state index contributed by atoms with van der Waals surface area (Å²) in [4.78, 5) is 0. The largest absolute Gasteiger partial charge is 0.497 e. The summed E-state index contributed by atoms with van der Waals surface area (Å²) in [5.41, 5.74) is 5.54. The number of unbranched alkanes of at least 4 members (excludes halogenated alkanes) is 1. The second kappa shape index (κ2) is 8.74. The third-order valence-corrected chi connectivity index (χ3v) is 5.00. The molecule has 4 heteroatoms. The molecule has 3 aromatic carbocycles. The number of hydrogen-bond donors (Lipinski definition) is 0. The fourth-order valence-electron chi connectivity index (χ4n) is 3.24. The van der Waals surface area contributed by atoms with E-state index in [-0.39, 0.29) is 0 Å². The third-order valence-electron chi connectivity index (χ3n) is 5.00. The first-order valence-corrected chi connectivity index (χ1v) is 9.94. The van der Waals surface area contributed by atoms with E-state index in [1.54, 1.807) is 7.11 Å². The van der Waals surface area contributed by atoms with Gasteiger partial charge in [0.25, 0.3) is 0 Å². The molecule has 0 radical (unpaired) electrons. The van der Waals surface area contributed by atoms with Crippen molar-refractivity contribution in [1.29, 1.82) is 0 Å².